The summed E-state index contributed by atoms with van der Waals surface area (Å²) in [6, 6.07) is 1.06. The number of imidazole rings is 1. The number of carbonyl (C=O) groups is 1. The van der Waals surface area contributed by atoms with Crippen molar-refractivity contribution in [2.75, 3.05) is 10.6 Å². The molecule has 33 heavy (non-hydrogen) atoms. The monoisotopic (exact) mass is 461 g/mol. The van der Waals surface area contributed by atoms with Gasteiger partial charge in [0.15, 0.2) is 17.3 Å². The second-order valence-electron chi connectivity index (χ2n) is 9.36. The van der Waals surface area contributed by atoms with Crippen molar-refractivity contribution in [3.8, 4) is 0 Å². The van der Waals surface area contributed by atoms with Gasteiger partial charge in [-0.1, -0.05) is 0 Å². The molecule has 1 aromatic carbocycles. The van der Waals surface area contributed by atoms with Gasteiger partial charge in [0.25, 0.3) is 0 Å². The quantitative estimate of drug-likeness (QED) is 0.519. The van der Waals surface area contributed by atoms with E-state index >= 15 is 0 Å². The van der Waals surface area contributed by atoms with Crippen LogP contribution < -0.4 is 16.4 Å². The predicted octanol–water partition coefficient (Wildman–Crippen LogP) is 4.41. The van der Waals surface area contributed by atoms with Crippen LogP contribution in [0.4, 0.5) is 30.8 Å². The maximum absolute atomic E-state index is 14.3. The smallest absolute Gasteiger partial charge is 0.225 e. The van der Waals surface area contributed by atoms with Crippen LogP contribution in [0.2, 0.25) is 0 Å². The van der Waals surface area contributed by atoms with E-state index in [-0.39, 0.29) is 29.4 Å². The number of amides is 1. The molecule has 176 valence electrons. The number of hydrogen-bond donors (Lipinski definition) is 3. The third kappa shape index (κ3) is 4.86. The lowest BCUT2D eigenvalue weighted by atomic mass is 9.85. The number of nitrogens with one attached hydrogen (secondary N) is 2. The minimum absolute atomic E-state index is 0.142. The Bertz CT molecular complexity index is 1170. The van der Waals surface area contributed by atoms with Gasteiger partial charge in [-0.05, 0) is 46.5 Å². The van der Waals surface area contributed by atoms with E-state index in [9.17, 15) is 18.0 Å². The Morgan fingerprint density at radius 1 is 1.09 bits per heavy atom. The first-order chi connectivity index (χ1) is 15.5. The number of fused-ring (bicyclic) bond motifs is 1. The molecule has 8 nitrogen and oxygen atoms in total. The van der Waals surface area contributed by atoms with Crippen molar-refractivity contribution >= 4 is 34.7 Å². The van der Waals surface area contributed by atoms with E-state index in [4.69, 9.17) is 5.73 Å². The number of primary amides is 1. The van der Waals surface area contributed by atoms with Crippen molar-refractivity contribution in [1.82, 2.24) is 19.5 Å². The van der Waals surface area contributed by atoms with Crippen LogP contribution in [-0.4, -0.2) is 31.0 Å². The van der Waals surface area contributed by atoms with Crippen molar-refractivity contribution in [1.29, 1.82) is 0 Å². The molecule has 4 rings (SSSR count). The number of carbonyl (C=O) groups excluding carboxylic acids is 1. The van der Waals surface area contributed by atoms with E-state index < -0.39 is 23.1 Å². The molecule has 2 heterocycles. The molecule has 1 aliphatic carbocycles. The Morgan fingerprint density at radius 3 is 2.30 bits per heavy atom. The molecule has 0 spiro atoms. The standard InChI is InChI=1S/C22H26F3N7O/c1-22(2,3)31-20-27-10-16-19(30-20)32(13-6-4-11(5-7-13)18(26)33)21(28-16)29-17-14(24)8-12(23)9-15(17)25/h8-11,13H,4-7H2,1-3H3,(H2,26,33)(H,28,29)(H,27,30,31). The van der Waals surface area contributed by atoms with Gasteiger partial charge in [0.2, 0.25) is 17.8 Å². The normalized spacial score (nSPS) is 19.0. The predicted molar refractivity (Wildman–Crippen MR) is 118 cm³/mol. The molecule has 11 heteroatoms. The van der Waals surface area contributed by atoms with E-state index in [0.717, 1.165) is 0 Å². The van der Waals surface area contributed by atoms with E-state index in [1.165, 1.54) is 6.20 Å². The van der Waals surface area contributed by atoms with Gasteiger partial charge < -0.3 is 16.4 Å². The third-order valence-corrected chi connectivity index (χ3v) is 5.63. The number of rotatable bonds is 5. The third-order valence-electron chi connectivity index (χ3n) is 5.63. The first-order valence-corrected chi connectivity index (χ1v) is 10.8. The second-order valence-corrected chi connectivity index (χ2v) is 9.36. The molecule has 1 aliphatic rings. The summed E-state index contributed by atoms with van der Waals surface area (Å²) in [5, 5.41) is 5.88. The van der Waals surface area contributed by atoms with E-state index in [1.54, 1.807) is 4.57 Å². The van der Waals surface area contributed by atoms with Crippen molar-refractivity contribution in [3.63, 3.8) is 0 Å². The van der Waals surface area contributed by atoms with Crippen LogP contribution in [0.25, 0.3) is 11.2 Å². The average Bonchev–Trinajstić information content (AvgIpc) is 3.06. The summed E-state index contributed by atoms with van der Waals surface area (Å²) >= 11 is 0. The number of nitrogens with zero attached hydrogens (tertiary/aromatic N) is 4. The minimum atomic E-state index is -1.08. The molecular formula is C22H26F3N7O. The zero-order valence-electron chi connectivity index (χ0n) is 18.6. The zero-order chi connectivity index (χ0) is 23.9. The highest BCUT2D eigenvalue weighted by Crippen LogP contribution is 2.37. The fourth-order valence-electron chi connectivity index (χ4n) is 4.11. The number of hydrogen-bond acceptors (Lipinski definition) is 6. The molecule has 0 atom stereocenters. The molecule has 0 aliphatic heterocycles. The molecule has 2 aromatic heterocycles. The van der Waals surface area contributed by atoms with Gasteiger partial charge in [0.1, 0.15) is 17.0 Å². The van der Waals surface area contributed by atoms with Crippen LogP contribution in [0, 0.1) is 23.4 Å². The van der Waals surface area contributed by atoms with Gasteiger partial charge in [-0.3, -0.25) is 9.36 Å². The summed E-state index contributed by atoms with van der Waals surface area (Å²) in [6.07, 6.45) is 3.90. The molecule has 0 saturated heterocycles. The first kappa shape index (κ1) is 22.8. The average molecular weight is 461 g/mol. The van der Waals surface area contributed by atoms with Crippen LogP contribution >= 0.6 is 0 Å². The van der Waals surface area contributed by atoms with Gasteiger partial charge in [0, 0.05) is 29.6 Å². The Labute approximate surface area is 188 Å². The Balaban J connectivity index is 1.78. The Hall–Kier alpha value is -3.37. The summed E-state index contributed by atoms with van der Waals surface area (Å²) < 4.78 is 43.8. The molecule has 1 amide bonds. The molecule has 0 unspecified atom stereocenters. The van der Waals surface area contributed by atoms with Crippen LogP contribution in [0.1, 0.15) is 52.5 Å². The van der Waals surface area contributed by atoms with Crippen LogP contribution in [-0.2, 0) is 4.79 Å². The van der Waals surface area contributed by atoms with Crippen LogP contribution in [0.3, 0.4) is 0 Å². The Morgan fingerprint density at radius 2 is 1.73 bits per heavy atom. The fourth-order valence-corrected chi connectivity index (χ4v) is 4.11. The number of nitrogens with two attached hydrogens (primary N) is 1. The molecule has 3 aromatic rings. The highest BCUT2D eigenvalue weighted by molar-refractivity contribution is 5.78. The minimum Gasteiger partial charge on any atom is -0.369 e. The second kappa shape index (κ2) is 8.53. The highest BCUT2D eigenvalue weighted by Gasteiger charge is 2.30. The topological polar surface area (TPSA) is 111 Å². The number of anilines is 3. The van der Waals surface area contributed by atoms with Crippen molar-refractivity contribution in [2.45, 2.75) is 58.0 Å². The molecule has 1 fully saturated rings. The summed E-state index contributed by atoms with van der Waals surface area (Å²) in [5.41, 5.74) is 5.56. The van der Waals surface area contributed by atoms with Crippen molar-refractivity contribution < 1.29 is 18.0 Å². The molecule has 4 N–H and O–H groups in total. The van der Waals surface area contributed by atoms with Gasteiger partial charge in [-0.2, -0.15) is 4.98 Å². The van der Waals surface area contributed by atoms with Crippen LogP contribution in [0.5, 0.6) is 0 Å². The lowest BCUT2D eigenvalue weighted by Gasteiger charge is -2.29. The van der Waals surface area contributed by atoms with E-state index in [0.29, 0.717) is 54.9 Å². The number of halogens is 3. The molecule has 0 radical (unpaired) electrons. The zero-order valence-corrected chi connectivity index (χ0v) is 18.6. The van der Waals surface area contributed by atoms with Gasteiger partial charge >= 0.3 is 0 Å². The van der Waals surface area contributed by atoms with Gasteiger partial charge in [0.05, 0.1) is 6.20 Å². The summed E-state index contributed by atoms with van der Waals surface area (Å²) in [7, 11) is 0. The lowest BCUT2D eigenvalue weighted by Crippen LogP contribution is -2.29. The Kier molecular flexibility index (Phi) is 5.89. The summed E-state index contributed by atoms with van der Waals surface area (Å²) in [5.74, 6) is -3.19. The number of benzene rings is 1. The summed E-state index contributed by atoms with van der Waals surface area (Å²) in [6.45, 7) is 5.90. The van der Waals surface area contributed by atoms with E-state index in [1.807, 2.05) is 20.8 Å². The maximum atomic E-state index is 14.3. The van der Waals surface area contributed by atoms with Crippen molar-refractivity contribution in [3.05, 3.63) is 35.8 Å². The first-order valence-electron chi connectivity index (χ1n) is 10.8. The van der Waals surface area contributed by atoms with E-state index in [2.05, 4.69) is 25.6 Å². The molecule has 0 bridgehead atoms. The molecular weight excluding hydrogens is 435 g/mol. The number of aromatic nitrogens is 4. The highest BCUT2D eigenvalue weighted by atomic mass is 19.1. The molecule has 1 saturated carbocycles. The summed E-state index contributed by atoms with van der Waals surface area (Å²) in [4.78, 5) is 25.0. The van der Waals surface area contributed by atoms with Crippen LogP contribution in [0.15, 0.2) is 18.3 Å². The lowest BCUT2D eigenvalue weighted by molar-refractivity contribution is -0.122. The SMILES string of the molecule is CC(C)(C)Nc1ncc2nc(Nc3c(F)cc(F)cc3F)n(C3CCC(C(N)=O)CC3)c2n1. The fraction of sp³-hybridized carbons (Fsp3) is 0.455. The largest absolute Gasteiger partial charge is 0.369 e. The van der Waals surface area contributed by atoms with Crippen molar-refractivity contribution in [2.24, 2.45) is 11.7 Å². The van der Waals surface area contributed by atoms with Gasteiger partial charge in [-0.15, -0.1) is 0 Å². The maximum Gasteiger partial charge on any atom is 0.225 e. The van der Waals surface area contributed by atoms with Gasteiger partial charge in [-0.25, -0.2) is 23.1 Å².